The van der Waals surface area contributed by atoms with E-state index in [0.717, 1.165) is 25.0 Å². The molecule has 2 aliphatic rings. The second kappa shape index (κ2) is 4.58. The third-order valence-electron chi connectivity index (χ3n) is 4.30. The minimum Gasteiger partial charge on any atom is -0.490 e. The summed E-state index contributed by atoms with van der Waals surface area (Å²) in [6, 6.07) is 6.23. The summed E-state index contributed by atoms with van der Waals surface area (Å²) in [5, 5.41) is 10.1. The standard InChI is InChI=1S/C16H22O2/c1-12-5-4-8-15(18-13-6-2-3-7-13)14(12)11-16(17)9-10-16/h4-5,8,13,17H,2-3,6-7,9-11H2,1H3. The maximum Gasteiger partial charge on any atom is 0.123 e. The lowest BCUT2D eigenvalue weighted by atomic mass is 10.00. The van der Waals surface area contributed by atoms with E-state index >= 15 is 0 Å². The minimum atomic E-state index is -0.445. The molecule has 0 spiro atoms. The number of rotatable bonds is 4. The molecule has 0 heterocycles. The average molecular weight is 246 g/mol. The van der Waals surface area contributed by atoms with Crippen molar-refractivity contribution in [1.82, 2.24) is 0 Å². The molecule has 2 nitrogen and oxygen atoms in total. The van der Waals surface area contributed by atoms with Crippen LogP contribution in [0.4, 0.5) is 0 Å². The van der Waals surface area contributed by atoms with Gasteiger partial charge in [-0.15, -0.1) is 0 Å². The van der Waals surface area contributed by atoms with Gasteiger partial charge in [-0.3, -0.25) is 0 Å². The highest BCUT2D eigenvalue weighted by molar-refractivity contribution is 5.41. The van der Waals surface area contributed by atoms with Crippen LogP contribution in [0.2, 0.25) is 0 Å². The largest absolute Gasteiger partial charge is 0.490 e. The zero-order valence-electron chi connectivity index (χ0n) is 11.1. The van der Waals surface area contributed by atoms with Crippen LogP contribution < -0.4 is 4.74 Å². The molecular formula is C16H22O2. The van der Waals surface area contributed by atoms with Crippen LogP contribution in [0.1, 0.15) is 49.7 Å². The molecule has 2 aliphatic carbocycles. The Morgan fingerprint density at radius 1 is 1.28 bits per heavy atom. The minimum absolute atomic E-state index is 0.388. The number of hydrogen-bond donors (Lipinski definition) is 1. The first kappa shape index (κ1) is 12.0. The number of benzene rings is 1. The van der Waals surface area contributed by atoms with Crippen molar-refractivity contribution in [2.45, 2.75) is 63.6 Å². The van der Waals surface area contributed by atoms with Crippen molar-refractivity contribution in [1.29, 1.82) is 0 Å². The van der Waals surface area contributed by atoms with Gasteiger partial charge in [-0.2, -0.15) is 0 Å². The van der Waals surface area contributed by atoms with E-state index < -0.39 is 5.60 Å². The first-order valence-corrected chi connectivity index (χ1v) is 7.14. The highest BCUT2D eigenvalue weighted by Gasteiger charge is 2.41. The number of ether oxygens (including phenoxy) is 1. The molecule has 0 atom stereocenters. The fourth-order valence-corrected chi connectivity index (χ4v) is 2.85. The summed E-state index contributed by atoms with van der Waals surface area (Å²) in [5.74, 6) is 1.00. The van der Waals surface area contributed by atoms with E-state index in [2.05, 4.69) is 25.1 Å². The molecule has 0 amide bonds. The van der Waals surface area contributed by atoms with E-state index in [1.54, 1.807) is 0 Å². The third-order valence-corrected chi connectivity index (χ3v) is 4.30. The lowest BCUT2D eigenvalue weighted by molar-refractivity contribution is 0.146. The summed E-state index contributed by atoms with van der Waals surface area (Å²) in [6.45, 7) is 2.11. The molecule has 18 heavy (non-hydrogen) atoms. The van der Waals surface area contributed by atoms with Gasteiger partial charge in [0.25, 0.3) is 0 Å². The van der Waals surface area contributed by atoms with Gasteiger partial charge in [0.2, 0.25) is 0 Å². The van der Waals surface area contributed by atoms with E-state index in [1.807, 2.05) is 0 Å². The fraction of sp³-hybridized carbons (Fsp3) is 0.625. The molecule has 98 valence electrons. The van der Waals surface area contributed by atoms with Crippen molar-refractivity contribution in [2.24, 2.45) is 0 Å². The molecule has 0 unspecified atom stereocenters. The zero-order valence-corrected chi connectivity index (χ0v) is 11.1. The molecule has 0 saturated heterocycles. The average Bonchev–Trinajstić information content (AvgIpc) is 2.87. The van der Waals surface area contributed by atoms with Crippen LogP contribution in [0.3, 0.4) is 0 Å². The Morgan fingerprint density at radius 3 is 2.67 bits per heavy atom. The fourth-order valence-electron chi connectivity index (χ4n) is 2.85. The molecule has 0 aromatic heterocycles. The van der Waals surface area contributed by atoms with Gasteiger partial charge in [0.1, 0.15) is 5.75 Å². The van der Waals surface area contributed by atoms with Crippen LogP contribution >= 0.6 is 0 Å². The molecule has 3 rings (SSSR count). The SMILES string of the molecule is Cc1cccc(OC2CCCC2)c1CC1(O)CC1. The molecule has 1 aromatic rings. The first-order valence-electron chi connectivity index (χ1n) is 7.14. The lowest BCUT2D eigenvalue weighted by Crippen LogP contribution is -2.16. The Hall–Kier alpha value is -1.02. The molecule has 2 fully saturated rings. The maximum absolute atomic E-state index is 10.1. The van der Waals surface area contributed by atoms with Crippen molar-refractivity contribution in [2.75, 3.05) is 0 Å². The van der Waals surface area contributed by atoms with Gasteiger partial charge < -0.3 is 9.84 Å². The molecule has 2 heteroatoms. The van der Waals surface area contributed by atoms with Crippen LogP contribution in [0, 0.1) is 6.92 Å². The third kappa shape index (κ3) is 2.54. The van der Waals surface area contributed by atoms with Gasteiger partial charge >= 0.3 is 0 Å². The first-order chi connectivity index (χ1) is 8.66. The van der Waals surface area contributed by atoms with Gasteiger partial charge in [0, 0.05) is 6.42 Å². The van der Waals surface area contributed by atoms with Crippen molar-refractivity contribution in [3.8, 4) is 5.75 Å². The summed E-state index contributed by atoms with van der Waals surface area (Å²) < 4.78 is 6.15. The highest BCUT2D eigenvalue weighted by atomic mass is 16.5. The predicted molar refractivity (Wildman–Crippen MR) is 72.0 cm³/mol. The Kier molecular flexibility index (Phi) is 3.06. The molecule has 2 saturated carbocycles. The quantitative estimate of drug-likeness (QED) is 0.882. The number of hydrogen-bond acceptors (Lipinski definition) is 2. The van der Waals surface area contributed by atoms with E-state index in [1.165, 1.54) is 36.8 Å². The van der Waals surface area contributed by atoms with Gasteiger partial charge in [-0.25, -0.2) is 0 Å². The molecule has 0 aliphatic heterocycles. The highest BCUT2D eigenvalue weighted by Crippen LogP contribution is 2.41. The molecular weight excluding hydrogens is 224 g/mol. The van der Waals surface area contributed by atoms with Gasteiger partial charge in [0.05, 0.1) is 11.7 Å². The van der Waals surface area contributed by atoms with Crippen LogP contribution in [-0.4, -0.2) is 16.8 Å². The lowest BCUT2D eigenvalue weighted by Gasteiger charge is -2.19. The van der Waals surface area contributed by atoms with Crippen molar-refractivity contribution in [3.63, 3.8) is 0 Å². The van der Waals surface area contributed by atoms with Gasteiger partial charge in [0.15, 0.2) is 0 Å². The topological polar surface area (TPSA) is 29.5 Å². The molecule has 0 bridgehead atoms. The van der Waals surface area contributed by atoms with E-state index in [0.29, 0.717) is 6.10 Å². The van der Waals surface area contributed by atoms with Gasteiger partial charge in [-0.05, 0) is 62.6 Å². The molecule has 1 N–H and O–H groups in total. The smallest absolute Gasteiger partial charge is 0.123 e. The molecule has 0 radical (unpaired) electrons. The predicted octanol–water partition coefficient (Wildman–Crippen LogP) is 3.38. The molecule has 1 aromatic carbocycles. The van der Waals surface area contributed by atoms with Crippen molar-refractivity contribution < 1.29 is 9.84 Å². The van der Waals surface area contributed by atoms with E-state index in [-0.39, 0.29) is 0 Å². The van der Waals surface area contributed by atoms with Crippen molar-refractivity contribution in [3.05, 3.63) is 29.3 Å². The Labute approximate surface area is 109 Å². The summed E-state index contributed by atoms with van der Waals surface area (Å²) >= 11 is 0. The van der Waals surface area contributed by atoms with E-state index in [9.17, 15) is 5.11 Å². The second-order valence-electron chi connectivity index (χ2n) is 5.98. The number of aliphatic hydroxyl groups is 1. The van der Waals surface area contributed by atoms with Crippen LogP contribution in [0.5, 0.6) is 5.75 Å². The Bertz CT molecular complexity index is 429. The normalized spacial score (nSPS) is 22.1. The van der Waals surface area contributed by atoms with Gasteiger partial charge in [-0.1, -0.05) is 12.1 Å². The summed E-state index contributed by atoms with van der Waals surface area (Å²) in [7, 11) is 0. The van der Waals surface area contributed by atoms with Crippen LogP contribution in [-0.2, 0) is 6.42 Å². The van der Waals surface area contributed by atoms with Crippen LogP contribution in [0.15, 0.2) is 18.2 Å². The summed E-state index contributed by atoms with van der Waals surface area (Å²) in [5.41, 5.74) is 2.01. The maximum atomic E-state index is 10.1. The van der Waals surface area contributed by atoms with Crippen molar-refractivity contribution >= 4 is 0 Å². The van der Waals surface area contributed by atoms with Crippen LogP contribution in [0.25, 0.3) is 0 Å². The zero-order chi connectivity index (χ0) is 12.6. The number of aryl methyl sites for hydroxylation is 1. The summed E-state index contributed by atoms with van der Waals surface area (Å²) in [6.07, 6.45) is 7.94. The monoisotopic (exact) mass is 246 g/mol. The van der Waals surface area contributed by atoms with E-state index in [4.69, 9.17) is 4.74 Å². The Morgan fingerprint density at radius 2 is 2.00 bits per heavy atom. The Balaban J connectivity index is 1.80. The summed E-state index contributed by atoms with van der Waals surface area (Å²) in [4.78, 5) is 0. The second-order valence-corrected chi connectivity index (χ2v) is 5.98.